The molecule has 7 nitrogen and oxygen atoms in total. The SMILES string of the molecule is COc1cc(C=C(C#N)c2nc3ccccc3[nH]2)cc(OC)c1OC(C)=O. The molecule has 27 heavy (non-hydrogen) atoms. The molecule has 1 aromatic heterocycles. The summed E-state index contributed by atoms with van der Waals surface area (Å²) in [5.41, 5.74) is 2.59. The molecule has 0 atom stereocenters. The number of H-pyrrole nitrogens is 1. The van der Waals surface area contributed by atoms with Crippen LogP contribution in [0.5, 0.6) is 17.2 Å². The molecule has 2 aromatic carbocycles. The number of carbonyl (C=O) groups is 1. The van der Waals surface area contributed by atoms with Crippen LogP contribution in [0, 0.1) is 11.3 Å². The van der Waals surface area contributed by atoms with E-state index in [2.05, 4.69) is 16.0 Å². The molecule has 3 rings (SSSR count). The van der Waals surface area contributed by atoms with E-state index < -0.39 is 5.97 Å². The summed E-state index contributed by atoms with van der Waals surface area (Å²) in [5.74, 6) is 0.790. The van der Waals surface area contributed by atoms with E-state index in [1.54, 1.807) is 18.2 Å². The molecule has 0 aliphatic rings. The van der Waals surface area contributed by atoms with Crippen molar-refractivity contribution in [3.05, 3.63) is 47.8 Å². The Hall–Kier alpha value is -3.79. The van der Waals surface area contributed by atoms with Gasteiger partial charge in [-0.3, -0.25) is 4.79 Å². The largest absolute Gasteiger partial charge is 0.493 e. The number of ether oxygens (including phenoxy) is 3. The number of nitrogens with one attached hydrogen (secondary N) is 1. The van der Waals surface area contributed by atoms with Gasteiger partial charge in [0, 0.05) is 6.92 Å². The van der Waals surface area contributed by atoms with Crippen molar-refractivity contribution in [2.45, 2.75) is 6.92 Å². The number of aromatic nitrogens is 2. The van der Waals surface area contributed by atoms with E-state index in [4.69, 9.17) is 14.2 Å². The Bertz CT molecular complexity index is 1020. The van der Waals surface area contributed by atoms with Crippen molar-refractivity contribution < 1.29 is 19.0 Å². The van der Waals surface area contributed by atoms with Crippen LogP contribution >= 0.6 is 0 Å². The summed E-state index contributed by atoms with van der Waals surface area (Å²) in [6, 6.07) is 13.0. The number of hydrogen-bond donors (Lipinski definition) is 1. The maximum atomic E-state index is 11.3. The normalized spacial score (nSPS) is 11.1. The number of allylic oxidation sites excluding steroid dienone is 1. The van der Waals surface area contributed by atoms with Crippen molar-refractivity contribution in [2.24, 2.45) is 0 Å². The van der Waals surface area contributed by atoms with Crippen molar-refractivity contribution in [1.82, 2.24) is 9.97 Å². The lowest BCUT2D eigenvalue weighted by Gasteiger charge is -2.13. The smallest absolute Gasteiger partial charge is 0.308 e. The second-order valence-electron chi connectivity index (χ2n) is 5.62. The zero-order valence-corrected chi connectivity index (χ0v) is 15.1. The van der Waals surface area contributed by atoms with Crippen LogP contribution in [-0.2, 0) is 4.79 Å². The standard InChI is InChI=1S/C20H17N3O4/c1-12(24)27-19-17(25-2)9-13(10-18(19)26-3)8-14(11-21)20-22-15-6-4-5-7-16(15)23-20/h4-10H,1-3H3,(H,22,23). The van der Waals surface area contributed by atoms with Crippen molar-refractivity contribution in [3.63, 3.8) is 0 Å². The predicted molar refractivity (Wildman–Crippen MR) is 100 cm³/mol. The van der Waals surface area contributed by atoms with Gasteiger partial charge in [-0.1, -0.05) is 12.1 Å². The van der Waals surface area contributed by atoms with Gasteiger partial charge in [0.25, 0.3) is 0 Å². The first-order valence-corrected chi connectivity index (χ1v) is 8.07. The second kappa shape index (κ2) is 7.62. The quantitative estimate of drug-likeness (QED) is 0.423. The van der Waals surface area contributed by atoms with Gasteiger partial charge in [0.2, 0.25) is 5.75 Å². The molecular formula is C20H17N3O4. The summed E-state index contributed by atoms with van der Waals surface area (Å²) in [7, 11) is 2.92. The number of esters is 1. The Morgan fingerprint density at radius 2 is 1.85 bits per heavy atom. The monoisotopic (exact) mass is 363 g/mol. The molecule has 1 heterocycles. The van der Waals surface area contributed by atoms with E-state index in [1.807, 2.05) is 24.3 Å². The third-order valence-corrected chi connectivity index (χ3v) is 3.80. The van der Waals surface area contributed by atoms with Crippen LogP contribution in [0.1, 0.15) is 18.3 Å². The number of fused-ring (bicyclic) bond motifs is 1. The number of para-hydroxylation sites is 2. The third kappa shape index (κ3) is 3.75. The molecule has 0 saturated carbocycles. The number of methoxy groups -OCH3 is 2. The Morgan fingerprint density at radius 3 is 2.41 bits per heavy atom. The van der Waals surface area contributed by atoms with Crippen molar-refractivity contribution in [2.75, 3.05) is 14.2 Å². The molecule has 0 saturated heterocycles. The maximum Gasteiger partial charge on any atom is 0.308 e. The maximum absolute atomic E-state index is 11.3. The molecule has 1 N–H and O–H groups in total. The first-order valence-electron chi connectivity index (χ1n) is 8.07. The first-order chi connectivity index (χ1) is 13.0. The van der Waals surface area contributed by atoms with Gasteiger partial charge in [-0.25, -0.2) is 4.98 Å². The van der Waals surface area contributed by atoms with Gasteiger partial charge in [-0.2, -0.15) is 5.26 Å². The predicted octanol–water partition coefficient (Wildman–Crippen LogP) is 3.57. The van der Waals surface area contributed by atoms with Crippen LogP contribution in [0.4, 0.5) is 0 Å². The minimum atomic E-state index is -0.491. The number of hydrogen-bond acceptors (Lipinski definition) is 6. The van der Waals surface area contributed by atoms with Gasteiger partial charge in [0.05, 0.1) is 30.8 Å². The topological polar surface area (TPSA) is 97.2 Å². The molecule has 0 spiro atoms. The number of carbonyl (C=O) groups excluding carboxylic acids is 1. The summed E-state index contributed by atoms with van der Waals surface area (Å²) in [6.45, 7) is 1.29. The molecule has 3 aromatic rings. The Morgan fingerprint density at radius 1 is 1.19 bits per heavy atom. The van der Waals surface area contributed by atoms with Crippen molar-refractivity contribution in [1.29, 1.82) is 5.26 Å². The molecule has 0 bridgehead atoms. The zero-order chi connectivity index (χ0) is 19.4. The van der Waals surface area contributed by atoms with Gasteiger partial charge in [-0.05, 0) is 35.9 Å². The summed E-state index contributed by atoms with van der Waals surface area (Å²) < 4.78 is 15.8. The van der Waals surface area contributed by atoms with Gasteiger partial charge in [0.15, 0.2) is 11.5 Å². The van der Waals surface area contributed by atoms with E-state index >= 15 is 0 Å². The molecule has 136 valence electrons. The fourth-order valence-electron chi connectivity index (χ4n) is 2.63. The van der Waals surface area contributed by atoms with Crippen molar-refractivity contribution in [3.8, 4) is 23.3 Å². The van der Waals surface area contributed by atoms with Crippen LogP contribution in [0.25, 0.3) is 22.7 Å². The van der Waals surface area contributed by atoms with Gasteiger partial charge >= 0.3 is 5.97 Å². The Kier molecular flexibility index (Phi) is 5.08. The molecule has 0 aliphatic carbocycles. The minimum absolute atomic E-state index is 0.187. The second-order valence-corrected chi connectivity index (χ2v) is 5.62. The summed E-state index contributed by atoms with van der Waals surface area (Å²) in [6.07, 6.45) is 1.65. The molecule has 0 aliphatic heterocycles. The lowest BCUT2D eigenvalue weighted by Crippen LogP contribution is -2.05. The third-order valence-electron chi connectivity index (χ3n) is 3.80. The number of benzene rings is 2. The van der Waals surface area contributed by atoms with Gasteiger partial charge < -0.3 is 19.2 Å². The minimum Gasteiger partial charge on any atom is -0.493 e. The highest BCUT2D eigenvalue weighted by atomic mass is 16.6. The van der Waals surface area contributed by atoms with Crippen LogP contribution in [-0.4, -0.2) is 30.2 Å². The molecule has 0 unspecified atom stereocenters. The average molecular weight is 363 g/mol. The number of aromatic amines is 1. The van der Waals surface area contributed by atoms with Crippen LogP contribution in [0.3, 0.4) is 0 Å². The number of nitriles is 1. The highest BCUT2D eigenvalue weighted by Crippen LogP contribution is 2.39. The average Bonchev–Trinajstić information content (AvgIpc) is 3.10. The van der Waals surface area contributed by atoms with E-state index in [0.29, 0.717) is 28.5 Å². The van der Waals surface area contributed by atoms with Crippen LogP contribution in [0.2, 0.25) is 0 Å². The summed E-state index contributed by atoms with van der Waals surface area (Å²) in [5, 5.41) is 9.58. The fraction of sp³-hybridized carbons (Fsp3) is 0.150. The highest BCUT2D eigenvalue weighted by molar-refractivity contribution is 5.91. The molecule has 0 radical (unpaired) electrons. The number of rotatable bonds is 5. The van der Waals surface area contributed by atoms with Gasteiger partial charge in [0.1, 0.15) is 11.9 Å². The first kappa shape index (κ1) is 18.0. The van der Waals surface area contributed by atoms with E-state index in [-0.39, 0.29) is 5.75 Å². The van der Waals surface area contributed by atoms with Crippen molar-refractivity contribution >= 4 is 28.7 Å². The van der Waals surface area contributed by atoms with E-state index in [0.717, 1.165) is 11.0 Å². The van der Waals surface area contributed by atoms with E-state index in [1.165, 1.54) is 21.1 Å². The molecule has 7 heteroatoms. The highest BCUT2D eigenvalue weighted by Gasteiger charge is 2.16. The zero-order valence-electron chi connectivity index (χ0n) is 15.1. The number of imidazole rings is 1. The van der Waals surface area contributed by atoms with Gasteiger partial charge in [-0.15, -0.1) is 0 Å². The summed E-state index contributed by atoms with van der Waals surface area (Å²) >= 11 is 0. The van der Waals surface area contributed by atoms with Crippen LogP contribution in [0.15, 0.2) is 36.4 Å². The fourth-order valence-corrected chi connectivity index (χ4v) is 2.63. The molecule has 0 fully saturated rings. The summed E-state index contributed by atoms with van der Waals surface area (Å²) in [4.78, 5) is 18.9. The van der Waals surface area contributed by atoms with Crippen LogP contribution < -0.4 is 14.2 Å². The van der Waals surface area contributed by atoms with E-state index in [9.17, 15) is 10.1 Å². The Balaban J connectivity index is 2.08. The Labute approximate surface area is 155 Å². The number of nitrogens with zero attached hydrogens (tertiary/aromatic N) is 2. The molecule has 0 amide bonds. The molecular weight excluding hydrogens is 346 g/mol. The lowest BCUT2D eigenvalue weighted by molar-refractivity contribution is -0.132. The lowest BCUT2D eigenvalue weighted by atomic mass is 10.1.